The summed E-state index contributed by atoms with van der Waals surface area (Å²) in [6, 6.07) is 10.9. The van der Waals surface area contributed by atoms with Gasteiger partial charge in [0.15, 0.2) is 0 Å². The number of allylic oxidation sites excluding steroid dienone is 3. The number of rotatable bonds is 7. The second kappa shape index (κ2) is 10.5. The molecule has 1 aliphatic carbocycles. The first kappa shape index (κ1) is 25.9. The van der Waals surface area contributed by atoms with E-state index in [9.17, 15) is 18.0 Å². The molecule has 2 heterocycles. The molecule has 3 atom stereocenters. The summed E-state index contributed by atoms with van der Waals surface area (Å²) in [5.41, 5.74) is 3.91. The molecule has 0 radical (unpaired) electrons. The van der Waals surface area contributed by atoms with Gasteiger partial charge in [-0.1, -0.05) is 30.7 Å². The quantitative estimate of drug-likeness (QED) is 0.268. The van der Waals surface area contributed by atoms with E-state index in [0.29, 0.717) is 27.2 Å². The largest absolute Gasteiger partial charge is 0.361 e. The fraction of sp³-hybridized carbons (Fsp3) is 0.241. The van der Waals surface area contributed by atoms with Gasteiger partial charge < -0.3 is 14.9 Å². The van der Waals surface area contributed by atoms with E-state index in [1.54, 1.807) is 30.7 Å². The number of alkyl halides is 1. The van der Waals surface area contributed by atoms with Gasteiger partial charge in [0.05, 0.1) is 30.2 Å². The van der Waals surface area contributed by atoms with E-state index in [4.69, 9.17) is 11.6 Å². The number of imidazole rings is 1. The summed E-state index contributed by atoms with van der Waals surface area (Å²) in [6.45, 7) is 1.49. The summed E-state index contributed by atoms with van der Waals surface area (Å²) >= 11 is 6.08. The Morgan fingerprint density at radius 3 is 2.71 bits per heavy atom. The van der Waals surface area contributed by atoms with Crippen LogP contribution in [0.2, 0.25) is 5.02 Å². The van der Waals surface area contributed by atoms with E-state index in [0.717, 1.165) is 16.8 Å². The normalized spacial score (nSPS) is 18.3. The van der Waals surface area contributed by atoms with Crippen molar-refractivity contribution in [2.45, 2.75) is 32.0 Å². The van der Waals surface area contributed by atoms with Gasteiger partial charge in [0.1, 0.15) is 17.8 Å². The Balaban J connectivity index is 1.48. The first-order valence-electron chi connectivity index (χ1n) is 12.2. The molecule has 1 amide bonds. The van der Waals surface area contributed by atoms with Crippen molar-refractivity contribution in [3.05, 3.63) is 101 Å². The van der Waals surface area contributed by atoms with Crippen molar-refractivity contribution in [3.63, 3.8) is 0 Å². The van der Waals surface area contributed by atoms with E-state index >= 15 is 0 Å². The molecule has 5 rings (SSSR count). The number of carbonyl (C=O) groups is 1. The number of halogens is 4. The number of carbonyl (C=O) groups excluding carboxylic acids is 1. The van der Waals surface area contributed by atoms with Crippen LogP contribution < -0.4 is 5.32 Å². The van der Waals surface area contributed by atoms with Crippen molar-refractivity contribution in [2.75, 3.05) is 0 Å². The molecular weight excluding hydrogens is 513 g/mol. The fourth-order valence-corrected chi connectivity index (χ4v) is 4.94. The Morgan fingerprint density at radius 2 is 1.97 bits per heavy atom. The molecule has 2 aromatic carbocycles. The Morgan fingerprint density at radius 1 is 1.21 bits per heavy atom. The molecule has 3 unspecified atom stereocenters. The minimum atomic E-state index is -1.47. The molecule has 2 N–H and O–H groups in total. The van der Waals surface area contributed by atoms with Crippen LogP contribution in [0.15, 0.2) is 78.5 Å². The molecule has 0 saturated heterocycles. The standard InChI is InChI=1S/C29H26ClF3N4O/c1-16-23(32)9-17(10-24(16)33)11-26(28-29(37(2)15-35-28)18-3-5-20(30)6-4-18)36-27(38)12-19-14-34-25-8-7-21(31)13-22(19)25/h3-10,13-16,23,26,34H,11-12H2,1-2H3,(H,36,38). The minimum Gasteiger partial charge on any atom is -0.361 e. The number of nitrogens with one attached hydrogen (secondary N) is 2. The summed E-state index contributed by atoms with van der Waals surface area (Å²) in [5, 5.41) is 4.20. The van der Waals surface area contributed by atoms with Gasteiger partial charge in [0.2, 0.25) is 5.91 Å². The van der Waals surface area contributed by atoms with Crippen molar-refractivity contribution >= 4 is 28.4 Å². The maximum Gasteiger partial charge on any atom is 0.225 e. The predicted octanol–water partition coefficient (Wildman–Crippen LogP) is 6.92. The summed E-state index contributed by atoms with van der Waals surface area (Å²) < 4.78 is 44.6. The number of hydrogen-bond donors (Lipinski definition) is 2. The number of aryl methyl sites for hydroxylation is 1. The van der Waals surface area contributed by atoms with Crippen LogP contribution in [0.5, 0.6) is 0 Å². The zero-order chi connectivity index (χ0) is 27.0. The van der Waals surface area contributed by atoms with Crippen LogP contribution in [-0.4, -0.2) is 26.6 Å². The molecule has 0 spiro atoms. The van der Waals surface area contributed by atoms with Gasteiger partial charge in [-0.05, 0) is 60.0 Å². The van der Waals surface area contributed by atoms with Crippen molar-refractivity contribution in [3.8, 4) is 11.3 Å². The van der Waals surface area contributed by atoms with Gasteiger partial charge in [0.25, 0.3) is 0 Å². The average molecular weight is 539 g/mol. The van der Waals surface area contributed by atoms with Crippen LogP contribution >= 0.6 is 11.6 Å². The number of benzene rings is 2. The van der Waals surface area contributed by atoms with Gasteiger partial charge in [0, 0.05) is 40.7 Å². The lowest BCUT2D eigenvalue weighted by Gasteiger charge is -2.23. The highest BCUT2D eigenvalue weighted by atomic mass is 35.5. The zero-order valence-electron chi connectivity index (χ0n) is 20.8. The summed E-state index contributed by atoms with van der Waals surface area (Å²) in [7, 11) is 1.83. The summed E-state index contributed by atoms with van der Waals surface area (Å²) in [4.78, 5) is 20.9. The number of H-pyrrole nitrogens is 1. The van der Waals surface area contributed by atoms with Crippen LogP contribution in [0.3, 0.4) is 0 Å². The SMILES string of the molecule is CC1C(F)=CC(CC(NC(=O)Cc2c[nH]c3ccc(F)cc23)c2ncn(C)c2-c2ccc(Cl)cc2)=CC1F. The van der Waals surface area contributed by atoms with E-state index in [1.807, 2.05) is 23.7 Å². The summed E-state index contributed by atoms with van der Waals surface area (Å²) in [5.74, 6) is -2.13. The number of aromatic amines is 1. The van der Waals surface area contributed by atoms with Crippen LogP contribution in [0.1, 0.15) is 30.6 Å². The van der Waals surface area contributed by atoms with E-state index in [2.05, 4.69) is 15.3 Å². The molecule has 0 bridgehead atoms. The lowest BCUT2D eigenvalue weighted by atomic mass is 9.90. The average Bonchev–Trinajstić information content (AvgIpc) is 3.45. The van der Waals surface area contributed by atoms with E-state index < -0.39 is 29.8 Å². The van der Waals surface area contributed by atoms with Crippen molar-refractivity contribution in [1.29, 1.82) is 0 Å². The molecule has 9 heteroatoms. The molecule has 38 heavy (non-hydrogen) atoms. The Bertz CT molecular complexity index is 1550. The third-order valence-corrected chi connectivity index (χ3v) is 7.13. The van der Waals surface area contributed by atoms with E-state index in [1.165, 1.54) is 31.2 Å². The van der Waals surface area contributed by atoms with Crippen molar-refractivity contribution in [1.82, 2.24) is 19.9 Å². The second-order valence-electron chi connectivity index (χ2n) is 9.60. The van der Waals surface area contributed by atoms with Crippen LogP contribution in [-0.2, 0) is 18.3 Å². The zero-order valence-corrected chi connectivity index (χ0v) is 21.6. The van der Waals surface area contributed by atoms with Gasteiger partial charge in [-0.3, -0.25) is 4.79 Å². The maximum atomic E-state index is 14.5. The minimum absolute atomic E-state index is 0.0188. The smallest absolute Gasteiger partial charge is 0.225 e. The molecule has 0 aliphatic heterocycles. The van der Waals surface area contributed by atoms with Gasteiger partial charge in [-0.25, -0.2) is 18.2 Å². The molecular formula is C29H26ClF3N4O. The van der Waals surface area contributed by atoms with Crippen molar-refractivity contribution in [2.24, 2.45) is 13.0 Å². The molecule has 0 fully saturated rings. The highest BCUT2D eigenvalue weighted by molar-refractivity contribution is 6.30. The first-order chi connectivity index (χ1) is 18.2. The molecule has 1 aliphatic rings. The molecule has 196 valence electrons. The number of hydrogen-bond acceptors (Lipinski definition) is 2. The second-order valence-corrected chi connectivity index (χ2v) is 10.0. The van der Waals surface area contributed by atoms with Gasteiger partial charge >= 0.3 is 0 Å². The number of nitrogens with zero attached hydrogens (tertiary/aromatic N) is 2. The highest BCUT2D eigenvalue weighted by Crippen LogP contribution is 2.35. The molecule has 5 nitrogen and oxygen atoms in total. The predicted molar refractivity (Wildman–Crippen MR) is 142 cm³/mol. The van der Waals surface area contributed by atoms with Crippen molar-refractivity contribution < 1.29 is 18.0 Å². The van der Waals surface area contributed by atoms with Crippen LogP contribution in [0.25, 0.3) is 22.2 Å². The Labute approximate surface area is 223 Å². The third-order valence-electron chi connectivity index (χ3n) is 6.88. The Kier molecular flexibility index (Phi) is 7.17. The highest BCUT2D eigenvalue weighted by Gasteiger charge is 2.28. The van der Waals surface area contributed by atoms with Crippen LogP contribution in [0.4, 0.5) is 13.2 Å². The first-order valence-corrected chi connectivity index (χ1v) is 12.6. The lowest BCUT2D eigenvalue weighted by Crippen LogP contribution is -2.31. The number of aromatic nitrogens is 3. The van der Waals surface area contributed by atoms with Crippen LogP contribution in [0, 0.1) is 11.7 Å². The summed E-state index contributed by atoms with van der Waals surface area (Å²) in [6.07, 6.45) is 4.67. The monoisotopic (exact) mass is 538 g/mol. The fourth-order valence-electron chi connectivity index (χ4n) is 4.81. The number of fused-ring (bicyclic) bond motifs is 1. The van der Waals surface area contributed by atoms with E-state index in [-0.39, 0.29) is 18.7 Å². The molecule has 0 saturated carbocycles. The number of amides is 1. The molecule has 4 aromatic rings. The van der Waals surface area contributed by atoms with Gasteiger partial charge in [-0.15, -0.1) is 0 Å². The third kappa shape index (κ3) is 5.27. The lowest BCUT2D eigenvalue weighted by molar-refractivity contribution is -0.121. The topological polar surface area (TPSA) is 62.7 Å². The maximum absolute atomic E-state index is 14.5. The molecule has 2 aromatic heterocycles. The van der Waals surface area contributed by atoms with Gasteiger partial charge in [-0.2, -0.15) is 0 Å². The Hall–Kier alpha value is -3.78.